The lowest BCUT2D eigenvalue weighted by molar-refractivity contribution is -0.135. The first kappa shape index (κ1) is 24.9. The summed E-state index contributed by atoms with van der Waals surface area (Å²) in [6, 6.07) is 16.9. The van der Waals surface area contributed by atoms with E-state index in [1.54, 1.807) is 40.5 Å². The Balaban J connectivity index is 1.52. The number of hydrogen-bond donors (Lipinski definition) is 0. The number of ether oxygens (including phenoxy) is 1. The third-order valence-electron chi connectivity index (χ3n) is 6.23. The van der Waals surface area contributed by atoms with Gasteiger partial charge in [0, 0.05) is 29.6 Å². The fourth-order valence-corrected chi connectivity index (χ4v) is 5.22. The van der Waals surface area contributed by atoms with Gasteiger partial charge in [-0.25, -0.2) is 4.39 Å². The van der Waals surface area contributed by atoms with Crippen molar-refractivity contribution < 1.29 is 18.7 Å². The molecule has 0 fully saturated rings. The molecule has 1 aliphatic rings. The summed E-state index contributed by atoms with van der Waals surface area (Å²) in [6.45, 7) is 5.51. The molecule has 35 heavy (non-hydrogen) atoms. The van der Waals surface area contributed by atoms with Gasteiger partial charge in [0.05, 0.1) is 6.04 Å². The Kier molecular flexibility index (Phi) is 8.18. The normalized spacial score (nSPS) is 15.1. The zero-order chi connectivity index (χ0) is 24.8. The van der Waals surface area contributed by atoms with Gasteiger partial charge in [0.15, 0.2) is 0 Å². The highest BCUT2D eigenvalue weighted by Crippen LogP contribution is 2.34. The minimum Gasteiger partial charge on any atom is -0.491 e. The van der Waals surface area contributed by atoms with Gasteiger partial charge in [-0.3, -0.25) is 9.59 Å². The maximum atomic E-state index is 13.6. The number of halogens is 1. The van der Waals surface area contributed by atoms with Crippen molar-refractivity contribution >= 4 is 23.2 Å². The van der Waals surface area contributed by atoms with Crippen LogP contribution in [0.4, 0.5) is 4.39 Å². The molecule has 2 heterocycles. The van der Waals surface area contributed by atoms with E-state index in [2.05, 4.69) is 13.8 Å². The molecule has 1 aromatic heterocycles. The van der Waals surface area contributed by atoms with E-state index in [9.17, 15) is 14.0 Å². The molecule has 0 aliphatic carbocycles. The van der Waals surface area contributed by atoms with E-state index in [0.717, 1.165) is 18.4 Å². The Morgan fingerprint density at radius 1 is 1.14 bits per heavy atom. The van der Waals surface area contributed by atoms with E-state index in [4.69, 9.17) is 4.74 Å². The van der Waals surface area contributed by atoms with Gasteiger partial charge < -0.3 is 14.5 Å². The van der Waals surface area contributed by atoms with E-state index >= 15 is 0 Å². The third-order valence-corrected chi connectivity index (χ3v) is 7.23. The van der Waals surface area contributed by atoms with E-state index in [1.165, 1.54) is 17.0 Å². The molecule has 0 unspecified atom stereocenters. The number of hydrogen-bond acceptors (Lipinski definition) is 4. The summed E-state index contributed by atoms with van der Waals surface area (Å²) >= 11 is 1.68. The standard InChI is InChI=1S/C28H31FN2O3S/c1-20(2)11-14-30(28(33)21-7-4-3-5-8-21)18-27(32)31-15-12-26-24(13-16-35-26)25(31)19-34-23-10-6-9-22(29)17-23/h3-10,13,16-17,20,25H,11-12,14-15,18-19H2,1-2H3/t25-/m0/s1. The van der Waals surface area contributed by atoms with Gasteiger partial charge in [-0.05, 0) is 60.0 Å². The highest BCUT2D eigenvalue weighted by atomic mass is 32.1. The highest BCUT2D eigenvalue weighted by Gasteiger charge is 2.33. The van der Waals surface area contributed by atoms with Crippen molar-refractivity contribution in [3.05, 3.63) is 87.9 Å². The molecule has 4 rings (SSSR count). The van der Waals surface area contributed by atoms with Crippen LogP contribution in [0.3, 0.4) is 0 Å². The van der Waals surface area contributed by atoms with Crippen LogP contribution in [-0.2, 0) is 11.2 Å². The monoisotopic (exact) mass is 494 g/mol. The molecular formula is C28H31FN2O3S. The molecule has 3 aromatic rings. The molecular weight excluding hydrogens is 463 g/mol. The van der Waals surface area contributed by atoms with Crippen LogP contribution in [0.1, 0.15) is 47.1 Å². The van der Waals surface area contributed by atoms with Crippen LogP contribution < -0.4 is 4.74 Å². The number of rotatable bonds is 9. The van der Waals surface area contributed by atoms with Gasteiger partial charge >= 0.3 is 0 Å². The number of carbonyl (C=O) groups excluding carboxylic acids is 2. The van der Waals surface area contributed by atoms with Gasteiger partial charge in [-0.15, -0.1) is 11.3 Å². The smallest absolute Gasteiger partial charge is 0.254 e. The quantitative estimate of drug-likeness (QED) is 0.390. The number of benzene rings is 2. The average molecular weight is 495 g/mol. The molecule has 0 radical (unpaired) electrons. The van der Waals surface area contributed by atoms with Gasteiger partial charge in [0.25, 0.3) is 5.91 Å². The zero-order valence-corrected chi connectivity index (χ0v) is 21.0. The maximum absolute atomic E-state index is 13.6. The fraction of sp³-hybridized carbons (Fsp3) is 0.357. The van der Waals surface area contributed by atoms with Crippen LogP contribution in [-0.4, -0.2) is 47.9 Å². The Hall–Kier alpha value is -3.19. The average Bonchev–Trinajstić information content (AvgIpc) is 3.34. The Labute approximate surface area is 210 Å². The lowest BCUT2D eigenvalue weighted by atomic mass is 10.00. The van der Waals surface area contributed by atoms with Crippen LogP contribution in [0.5, 0.6) is 5.75 Å². The third kappa shape index (κ3) is 6.28. The van der Waals surface area contributed by atoms with E-state index in [0.29, 0.717) is 30.3 Å². The van der Waals surface area contributed by atoms with Crippen molar-refractivity contribution in [2.24, 2.45) is 5.92 Å². The molecule has 184 valence electrons. The van der Waals surface area contributed by atoms with Gasteiger partial charge in [-0.2, -0.15) is 0 Å². The van der Waals surface area contributed by atoms with Crippen molar-refractivity contribution in [2.75, 3.05) is 26.2 Å². The molecule has 2 aromatic carbocycles. The highest BCUT2D eigenvalue weighted by molar-refractivity contribution is 7.10. The molecule has 1 aliphatic heterocycles. The van der Waals surface area contributed by atoms with Crippen LogP contribution in [0, 0.1) is 11.7 Å². The minimum absolute atomic E-state index is 0.0103. The first-order chi connectivity index (χ1) is 16.9. The molecule has 0 N–H and O–H groups in total. The van der Waals surface area contributed by atoms with Crippen molar-refractivity contribution in [1.29, 1.82) is 0 Å². The maximum Gasteiger partial charge on any atom is 0.254 e. The van der Waals surface area contributed by atoms with Crippen LogP contribution in [0.25, 0.3) is 0 Å². The Bertz CT molecular complexity index is 1150. The summed E-state index contributed by atoms with van der Waals surface area (Å²) in [4.78, 5) is 31.6. The minimum atomic E-state index is -0.365. The number of fused-ring (bicyclic) bond motifs is 1. The van der Waals surface area contributed by atoms with Gasteiger partial charge in [0.2, 0.25) is 5.91 Å². The van der Waals surface area contributed by atoms with E-state index in [1.807, 2.05) is 34.5 Å². The first-order valence-electron chi connectivity index (χ1n) is 12.0. The van der Waals surface area contributed by atoms with Crippen molar-refractivity contribution in [3.8, 4) is 5.75 Å². The number of amides is 2. The van der Waals surface area contributed by atoms with E-state index in [-0.39, 0.29) is 36.8 Å². The second-order valence-corrected chi connectivity index (χ2v) is 10.2. The van der Waals surface area contributed by atoms with Crippen LogP contribution >= 0.6 is 11.3 Å². The Morgan fingerprint density at radius 2 is 1.94 bits per heavy atom. The number of carbonyl (C=O) groups is 2. The topological polar surface area (TPSA) is 49.9 Å². The van der Waals surface area contributed by atoms with Gasteiger partial charge in [-0.1, -0.05) is 38.1 Å². The predicted molar refractivity (Wildman–Crippen MR) is 136 cm³/mol. The van der Waals surface area contributed by atoms with Crippen molar-refractivity contribution in [1.82, 2.24) is 9.80 Å². The van der Waals surface area contributed by atoms with Crippen molar-refractivity contribution in [2.45, 2.75) is 32.7 Å². The molecule has 0 saturated heterocycles. The second kappa shape index (κ2) is 11.5. The van der Waals surface area contributed by atoms with Gasteiger partial charge in [0.1, 0.15) is 24.7 Å². The summed E-state index contributed by atoms with van der Waals surface area (Å²) < 4.78 is 19.6. The molecule has 0 bridgehead atoms. The largest absolute Gasteiger partial charge is 0.491 e. The first-order valence-corrected chi connectivity index (χ1v) is 12.9. The number of nitrogens with zero attached hydrogens (tertiary/aromatic N) is 2. The summed E-state index contributed by atoms with van der Waals surface area (Å²) in [5.41, 5.74) is 1.64. The fourth-order valence-electron chi connectivity index (χ4n) is 4.29. The SMILES string of the molecule is CC(C)CCN(CC(=O)N1CCc2sccc2[C@@H]1COc1cccc(F)c1)C(=O)c1ccccc1. The second-order valence-electron chi connectivity index (χ2n) is 9.20. The lowest BCUT2D eigenvalue weighted by Crippen LogP contribution is -2.48. The van der Waals surface area contributed by atoms with Crippen molar-refractivity contribution in [3.63, 3.8) is 0 Å². The van der Waals surface area contributed by atoms with Crippen LogP contribution in [0.2, 0.25) is 0 Å². The number of thiophene rings is 1. The molecule has 5 nitrogen and oxygen atoms in total. The summed E-state index contributed by atoms with van der Waals surface area (Å²) in [5, 5.41) is 2.03. The Morgan fingerprint density at radius 3 is 2.69 bits per heavy atom. The molecule has 7 heteroatoms. The van der Waals surface area contributed by atoms with E-state index < -0.39 is 0 Å². The molecule has 0 spiro atoms. The molecule has 2 amide bonds. The summed E-state index contributed by atoms with van der Waals surface area (Å²) in [6.07, 6.45) is 1.58. The van der Waals surface area contributed by atoms with Crippen LogP contribution in [0.15, 0.2) is 66.0 Å². The zero-order valence-electron chi connectivity index (χ0n) is 20.2. The molecule has 0 saturated carbocycles. The molecule has 1 atom stereocenters. The summed E-state index contributed by atoms with van der Waals surface area (Å²) in [7, 11) is 0. The predicted octanol–water partition coefficient (Wildman–Crippen LogP) is 5.58. The summed E-state index contributed by atoms with van der Waals surface area (Å²) in [5.74, 6) is 0.225. The lowest BCUT2D eigenvalue weighted by Gasteiger charge is -2.37.